The number of nitrogens with zero attached hydrogens (tertiary/aromatic N) is 1. The Morgan fingerprint density at radius 3 is 2.86 bits per heavy atom. The maximum atomic E-state index is 11.5. The first-order valence-electron chi connectivity index (χ1n) is 4.95. The van der Waals surface area contributed by atoms with Gasteiger partial charge in [-0.25, -0.2) is 0 Å². The van der Waals surface area contributed by atoms with E-state index in [0.29, 0.717) is 12.3 Å². The first-order valence-corrected chi connectivity index (χ1v) is 4.95. The zero-order valence-corrected chi connectivity index (χ0v) is 8.69. The second-order valence-corrected chi connectivity index (χ2v) is 4.17. The number of rotatable bonds is 3. The van der Waals surface area contributed by atoms with E-state index >= 15 is 0 Å². The number of ketones is 1. The van der Waals surface area contributed by atoms with Crippen molar-refractivity contribution in [2.75, 3.05) is 13.6 Å². The lowest BCUT2D eigenvalue weighted by Crippen LogP contribution is -2.44. The van der Waals surface area contributed by atoms with Crippen molar-refractivity contribution in [2.45, 2.75) is 32.2 Å². The van der Waals surface area contributed by atoms with E-state index < -0.39 is 5.97 Å². The fourth-order valence-corrected chi connectivity index (χ4v) is 1.93. The third kappa shape index (κ3) is 2.80. The maximum absolute atomic E-state index is 11.5. The van der Waals surface area contributed by atoms with Crippen LogP contribution < -0.4 is 0 Å². The average molecular weight is 199 g/mol. The van der Waals surface area contributed by atoms with Gasteiger partial charge >= 0.3 is 5.97 Å². The van der Waals surface area contributed by atoms with Crippen molar-refractivity contribution in [2.24, 2.45) is 5.92 Å². The first-order chi connectivity index (χ1) is 6.50. The van der Waals surface area contributed by atoms with Crippen molar-refractivity contribution >= 4 is 11.8 Å². The molecule has 2 atom stereocenters. The van der Waals surface area contributed by atoms with Crippen LogP contribution in [0.4, 0.5) is 0 Å². The lowest BCUT2D eigenvalue weighted by molar-refractivity contribution is -0.139. The van der Waals surface area contributed by atoms with E-state index in [4.69, 9.17) is 5.11 Å². The first kappa shape index (κ1) is 11.2. The third-order valence-corrected chi connectivity index (χ3v) is 2.80. The number of hydrogen-bond acceptors (Lipinski definition) is 3. The minimum Gasteiger partial charge on any atom is -0.480 e. The van der Waals surface area contributed by atoms with Crippen LogP contribution in [0.3, 0.4) is 0 Å². The summed E-state index contributed by atoms with van der Waals surface area (Å²) < 4.78 is 0. The second-order valence-electron chi connectivity index (χ2n) is 4.17. The van der Waals surface area contributed by atoms with Crippen molar-refractivity contribution < 1.29 is 14.7 Å². The summed E-state index contributed by atoms with van der Waals surface area (Å²) in [6.07, 6.45) is 2.33. The summed E-state index contributed by atoms with van der Waals surface area (Å²) in [4.78, 5) is 23.7. The van der Waals surface area contributed by atoms with Gasteiger partial charge in [-0.3, -0.25) is 14.5 Å². The lowest BCUT2D eigenvalue weighted by Gasteiger charge is -2.31. The predicted octanol–water partition coefficient (Wildman–Crippen LogP) is 0.760. The van der Waals surface area contributed by atoms with E-state index in [9.17, 15) is 9.59 Å². The molecule has 0 heterocycles. The highest BCUT2D eigenvalue weighted by Crippen LogP contribution is 2.23. The van der Waals surface area contributed by atoms with Gasteiger partial charge < -0.3 is 5.11 Å². The van der Waals surface area contributed by atoms with Gasteiger partial charge in [0.15, 0.2) is 0 Å². The SMILES string of the molecule is CC1CCC(=O)C(N(C)CC(=O)O)C1. The fraction of sp³-hybridized carbons (Fsp3) is 0.800. The summed E-state index contributed by atoms with van der Waals surface area (Å²) in [6, 6.07) is -0.185. The van der Waals surface area contributed by atoms with Crippen molar-refractivity contribution in [1.82, 2.24) is 4.90 Å². The molecule has 0 spiro atoms. The topological polar surface area (TPSA) is 57.6 Å². The summed E-state index contributed by atoms with van der Waals surface area (Å²) in [5.74, 6) is -0.167. The molecule has 0 saturated heterocycles. The summed E-state index contributed by atoms with van der Waals surface area (Å²) in [5, 5.41) is 8.61. The molecular formula is C10H17NO3. The number of Topliss-reactive ketones (excluding diaryl/α,β-unsaturated/α-hetero) is 1. The Bertz CT molecular complexity index is 240. The minimum atomic E-state index is -0.876. The van der Waals surface area contributed by atoms with E-state index in [0.717, 1.165) is 12.8 Å². The number of carboxylic acid groups (broad SMARTS) is 1. The molecular weight excluding hydrogens is 182 g/mol. The summed E-state index contributed by atoms with van der Waals surface area (Å²) >= 11 is 0. The van der Waals surface area contributed by atoms with Gasteiger partial charge in [0, 0.05) is 6.42 Å². The van der Waals surface area contributed by atoms with Crippen LogP contribution in [0.2, 0.25) is 0 Å². The molecule has 0 aromatic carbocycles. The van der Waals surface area contributed by atoms with Crippen LogP contribution in [0, 0.1) is 5.92 Å². The molecule has 14 heavy (non-hydrogen) atoms. The van der Waals surface area contributed by atoms with Gasteiger partial charge in [-0.05, 0) is 25.8 Å². The molecule has 1 N–H and O–H groups in total. The monoisotopic (exact) mass is 199 g/mol. The summed E-state index contributed by atoms with van der Waals surface area (Å²) in [7, 11) is 1.70. The smallest absolute Gasteiger partial charge is 0.317 e. The quantitative estimate of drug-likeness (QED) is 0.729. The molecule has 1 rings (SSSR count). The number of hydrogen-bond donors (Lipinski definition) is 1. The van der Waals surface area contributed by atoms with Crippen LogP contribution in [0.5, 0.6) is 0 Å². The molecule has 0 aromatic rings. The molecule has 4 nitrogen and oxygen atoms in total. The van der Waals surface area contributed by atoms with Crippen LogP contribution in [-0.2, 0) is 9.59 Å². The third-order valence-electron chi connectivity index (χ3n) is 2.80. The molecule has 0 aliphatic heterocycles. The molecule has 2 unspecified atom stereocenters. The molecule has 0 bridgehead atoms. The van der Waals surface area contributed by atoms with Gasteiger partial charge in [-0.2, -0.15) is 0 Å². The van der Waals surface area contributed by atoms with E-state index in [2.05, 4.69) is 6.92 Å². The highest BCUT2D eigenvalue weighted by molar-refractivity contribution is 5.85. The largest absolute Gasteiger partial charge is 0.480 e. The van der Waals surface area contributed by atoms with Gasteiger partial charge in [0.2, 0.25) is 0 Å². The summed E-state index contributed by atoms with van der Waals surface area (Å²) in [6.45, 7) is 2.05. The van der Waals surface area contributed by atoms with Gasteiger partial charge in [0.1, 0.15) is 5.78 Å². The zero-order chi connectivity index (χ0) is 10.7. The molecule has 0 radical (unpaired) electrons. The van der Waals surface area contributed by atoms with E-state index in [1.54, 1.807) is 11.9 Å². The molecule has 4 heteroatoms. The van der Waals surface area contributed by atoms with Crippen LogP contribution in [0.15, 0.2) is 0 Å². The minimum absolute atomic E-state index is 0.0525. The molecule has 0 aromatic heterocycles. The van der Waals surface area contributed by atoms with Crippen molar-refractivity contribution in [3.8, 4) is 0 Å². The molecule has 1 fully saturated rings. The van der Waals surface area contributed by atoms with Crippen LogP contribution >= 0.6 is 0 Å². The van der Waals surface area contributed by atoms with E-state index in [1.807, 2.05) is 0 Å². The normalized spacial score (nSPS) is 28.1. The number of carboxylic acids is 1. The Hall–Kier alpha value is -0.900. The molecule has 1 aliphatic carbocycles. The van der Waals surface area contributed by atoms with Crippen LogP contribution in [0.25, 0.3) is 0 Å². The van der Waals surface area contributed by atoms with E-state index in [-0.39, 0.29) is 18.4 Å². The maximum Gasteiger partial charge on any atom is 0.317 e. The molecule has 1 saturated carbocycles. The van der Waals surface area contributed by atoms with Gasteiger partial charge in [0.25, 0.3) is 0 Å². The highest BCUT2D eigenvalue weighted by Gasteiger charge is 2.30. The van der Waals surface area contributed by atoms with Crippen LogP contribution in [0.1, 0.15) is 26.2 Å². The lowest BCUT2D eigenvalue weighted by atomic mass is 9.85. The van der Waals surface area contributed by atoms with Gasteiger partial charge in [-0.1, -0.05) is 6.92 Å². The second kappa shape index (κ2) is 4.55. The predicted molar refractivity (Wildman–Crippen MR) is 52.1 cm³/mol. The number of carbonyl (C=O) groups excluding carboxylic acids is 1. The van der Waals surface area contributed by atoms with E-state index in [1.165, 1.54) is 0 Å². The average Bonchev–Trinajstić information content (AvgIpc) is 2.08. The van der Waals surface area contributed by atoms with Crippen molar-refractivity contribution in [3.05, 3.63) is 0 Å². The fourth-order valence-electron chi connectivity index (χ4n) is 1.93. The van der Waals surface area contributed by atoms with Crippen molar-refractivity contribution in [1.29, 1.82) is 0 Å². The highest BCUT2D eigenvalue weighted by atomic mass is 16.4. The Labute approximate surface area is 83.9 Å². The zero-order valence-electron chi connectivity index (χ0n) is 8.69. The molecule has 0 amide bonds. The Morgan fingerprint density at radius 2 is 2.29 bits per heavy atom. The van der Waals surface area contributed by atoms with Gasteiger partial charge in [0.05, 0.1) is 12.6 Å². The molecule has 1 aliphatic rings. The summed E-state index contributed by atoms with van der Waals surface area (Å²) in [5.41, 5.74) is 0. The Balaban J connectivity index is 2.55. The Morgan fingerprint density at radius 1 is 1.64 bits per heavy atom. The molecule has 80 valence electrons. The Kier molecular flexibility index (Phi) is 3.63. The number of aliphatic carboxylic acids is 1. The van der Waals surface area contributed by atoms with Gasteiger partial charge in [-0.15, -0.1) is 0 Å². The van der Waals surface area contributed by atoms with Crippen LogP contribution in [-0.4, -0.2) is 41.4 Å². The van der Waals surface area contributed by atoms with Crippen molar-refractivity contribution in [3.63, 3.8) is 0 Å². The standard InChI is InChI=1S/C10H17NO3/c1-7-3-4-9(12)8(5-7)11(2)6-10(13)14/h7-8H,3-6H2,1-2H3,(H,13,14). The number of carbonyl (C=O) groups is 2. The number of likely N-dealkylation sites (N-methyl/N-ethyl adjacent to an activating group) is 1.